The first-order valence-corrected chi connectivity index (χ1v) is 3.78. The molecule has 1 aliphatic rings. The summed E-state index contributed by atoms with van der Waals surface area (Å²) in [6.45, 7) is 1.74. The molecular formula is C7H9NO5. The first kappa shape index (κ1) is 9.50. The van der Waals surface area contributed by atoms with Crippen molar-refractivity contribution in [3.05, 3.63) is 0 Å². The summed E-state index contributed by atoms with van der Waals surface area (Å²) in [7, 11) is 0. The Morgan fingerprint density at radius 2 is 1.85 bits per heavy atom. The van der Waals surface area contributed by atoms with Gasteiger partial charge in [0.05, 0.1) is 0 Å². The molecular weight excluding hydrogens is 178 g/mol. The first-order valence-electron chi connectivity index (χ1n) is 3.78. The van der Waals surface area contributed by atoms with Crippen LogP contribution in [0.1, 0.15) is 19.8 Å². The smallest absolute Gasteiger partial charge is 0.405 e. The highest BCUT2D eigenvalue weighted by Crippen LogP contribution is 2.25. The van der Waals surface area contributed by atoms with E-state index in [1.165, 1.54) is 0 Å². The van der Waals surface area contributed by atoms with Crippen molar-refractivity contribution < 1.29 is 23.9 Å². The van der Waals surface area contributed by atoms with Crippen LogP contribution in [0.4, 0.5) is 0 Å². The van der Waals surface area contributed by atoms with Gasteiger partial charge in [0, 0.05) is 6.42 Å². The van der Waals surface area contributed by atoms with E-state index in [9.17, 15) is 14.4 Å². The van der Waals surface area contributed by atoms with Crippen molar-refractivity contribution in [2.45, 2.75) is 25.6 Å². The van der Waals surface area contributed by atoms with E-state index >= 15 is 0 Å². The molecule has 0 saturated carbocycles. The Labute approximate surface area is 74.0 Å². The average Bonchev–Trinajstić information content (AvgIpc) is 2.29. The van der Waals surface area contributed by atoms with Crippen molar-refractivity contribution in [3.8, 4) is 0 Å². The van der Waals surface area contributed by atoms with Crippen molar-refractivity contribution in [2.75, 3.05) is 0 Å². The Bertz CT molecular complexity index is 256. The Morgan fingerprint density at radius 1 is 1.38 bits per heavy atom. The van der Waals surface area contributed by atoms with Gasteiger partial charge in [-0.1, -0.05) is 6.92 Å². The van der Waals surface area contributed by atoms with Gasteiger partial charge in [0.25, 0.3) is 0 Å². The number of hydrogen-bond donors (Lipinski definition) is 1. The predicted molar refractivity (Wildman–Crippen MR) is 39.0 cm³/mol. The van der Waals surface area contributed by atoms with Crippen LogP contribution in [0.25, 0.3) is 0 Å². The van der Waals surface area contributed by atoms with E-state index in [1.54, 1.807) is 6.92 Å². The van der Waals surface area contributed by atoms with Crippen LogP contribution in [0.3, 0.4) is 0 Å². The Kier molecular flexibility index (Phi) is 2.22. The molecule has 6 heteroatoms. The molecule has 1 rings (SSSR count). The summed E-state index contributed by atoms with van der Waals surface area (Å²) in [6.07, 6.45) is 0.587. The lowest BCUT2D eigenvalue weighted by atomic mass is 10.1. The van der Waals surface area contributed by atoms with E-state index < -0.39 is 23.6 Å². The number of rotatable bonds is 3. The number of primary amides is 1. The molecule has 0 aromatic heterocycles. The number of carbonyl (C=O) groups is 3. The number of ether oxygens (including phenoxy) is 2. The number of amides is 1. The van der Waals surface area contributed by atoms with E-state index in [0.29, 0.717) is 6.42 Å². The Hall–Kier alpha value is -1.59. The lowest BCUT2D eigenvalue weighted by Gasteiger charge is -2.20. The normalized spacial score (nSPS) is 19.5. The molecule has 0 aromatic rings. The number of nitrogens with two attached hydrogens (primary N) is 1. The second-order valence-corrected chi connectivity index (χ2v) is 2.65. The molecule has 0 radical (unpaired) electrons. The molecule has 13 heavy (non-hydrogen) atoms. The molecule has 0 unspecified atom stereocenters. The third-order valence-electron chi connectivity index (χ3n) is 1.64. The molecule has 1 fully saturated rings. The molecule has 0 aromatic carbocycles. The summed E-state index contributed by atoms with van der Waals surface area (Å²) < 4.78 is 8.96. The van der Waals surface area contributed by atoms with Crippen LogP contribution in [-0.2, 0) is 23.9 Å². The summed E-state index contributed by atoms with van der Waals surface area (Å²) in [5, 5.41) is 0. The lowest BCUT2D eigenvalue weighted by molar-refractivity contribution is -0.189. The van der Waals surface area contributed by atoms with Gasteiger partial charge in [-0.2, -0.15) is 0 Å². The first-order chi connectivity index (χ1) is 6.02. The van der Waals surface area contributed by atoms with Crippen LogP contribution in [0.15, 0.2) is 0 Å². The highest BCUT2D eigenvalue weighted by molar-refractivity contribution is 6.32. The second kappa shape index (κ2) is 3.04. The molecule has 1 amide bonds. The van der Waals surface area contributed by atoms with Gasteiger partial charge >= 0.3 is 23.6 Å². The molecule has 1 aliphatic heterocycles. The summed E-state index contributed by atoms with van der Waals surface area (Å²) >= 11 is 0. The second-order valence-electron chi connectivity index (χ2n) is 2.65. The quantitative estimate of drug-likeness (QED) is 0.454. The van der Waals surface area contributed by atoms with Crippen molar-refractivity contribution in [3.63, 3.8) is 0 Å². The molecule has 1 saturated heterocycles. The number of hydrogen-bond acceptors (Lipinski definition) is 5. The monoisotopic (exact) mass is 187 g/mol. The summed E-state index contributed by atoms with van der Waals surface area (Å²) in [5.41, 5.74) is 4.95. The maximum atomic E-state index is 10.9. The van der Waals surface area contributed by atoms with Crippen molar-refractivity contribution in [1.82, 2.24) is 0 Å². The Morgan fingerprint density at radius 3 is 2.15 bits per heavy atom. The van der Waals surface area contributed by atoms with Crippen molar-refractivity contribution >= 4 is 17.8 Å². The number of cyclic esters (lactones) is 2. The minimum absolute atomic E-state index is 0.0831. The molecule has 0 atom stereocenters. The largest absolute Gasteiger partial charge is 0.421 e. The van der Waals surface area contributed by atoms with Crippen LogP contribution in [0.5, 0.6) is 0 Å². The van der Waals surface area contributed by atoms with E-state index in [-0.39, 0.29) is 6.42 Å². The van der Waals surface area contributed by atoms with Crippen LogP contribution in [0, 0.1) is 0 Å². The fourth-order valence-electron chi connectivity index (χ4n) is 1.06. The molecule has 6 nitrogen and oxygen atoms in total. The molecule has 72 valence electrons. The van der Waals surface area contributed by atoms with E-state index in [2.05, 4.69) is 9.47 Å². The minimum Gasteiger partial charge on any atom is -0.405 e. The van der Waals surface area contributed by atoms with Gasteiger partial charge in [0.2, 0.25) is 0 Å². The van der Waals surface area contributed by atoms with Gasteiger partial charge in [0.15, 0.2) is 0 Å². The summed E-state index contributed by atoms with van der Waals surface area (Å²) in [6, 6.07) is 0. The van der Waals surface area contributed by atoms with Crippen LogP contribution < -0.4 is 5.73 Å². The van der Waals surface area contributed by atoms with Gasteiger partial charge in [-0.25, -0.2) is 9.59 Å². The Balaban J connectivity index is 2.89. The highest BCUT2D eigenvalue weighted by Gasteiger charge is 2.52. The van der Waals surface area contributed by atoms with Gasteiger partial charge in [-0.3, -0.25) is 4.79 Å². The SMILES string of the molecule is CCCC1(C(N)=O)OC(=O)C(=O)O1. The third-order valence-corrected chi connectivity index (χ3v) is 1.64. The zero-order valence-electron chi connectivity index (χ0n) is 7.03. The average molecular weight is 187 g/mol. The van der Waals surface area contributed by atoms with Gasteiger partial charge < -0.3 is 15.2 Å². The zero-order valence-corrected chi connectivity index (χ0v) is 7.03. The van der Waals surface area contributed by atoms with Crippen molar-refractivity contribution in [1.29, 1.82) is 0 Å². The summed E-state index contributed by atoms with van der Waals surface area (Å²) in [5.74, 6) is -5.18. The predicted octanol–water partition coefficient (Wildman–Crippen LogP) is -0.932. The highest BCUT2D eigenvalue weighted by atomic mass is 16.8. The third kappa shape index (κ3) is 1.47. The number of esters is 2. The number of carbonyl (C=O) groups excluding carboxylic acids is 3. The van der Waals surface area contributed by atoms with Gasteiger partial charge in [-0.15, -0.1) is 0 Å². The molecule has 0 spiro atoms. The van der Waals surface area contributed by atoms with E-state index in [1.807, 2.05) is 0 Å². The zero-order chi connectivity index (χ0) is 10.1. The van der Waals surface area contributed by atoms with Crippen LogP contribution >= 0.6 is 0 Å². The lowest BCUT2D eigenvalue weighted by Crippen LogP contribution is -2.45. The maximum absolute atomic E-state index is 10.9. The van der Waals surface area contributed by atoms with E-state index in [0.717, 1.165) is 0 Å². The molecule has 2 N–H and O–H groups in total. The molecule has 0 aliphatic carbocycles. The van der Waals surface area contributed by atoms with Gasteiger partial charge in [-0.05, 0) is 6.42 Å². The van der Waals surface area contributed by atoms with Gasteiger partial charge in [0.1, 0.15) is 0 Å². The maximum Gasteiger partial charge on any atom is 0.421 e. The minimum atomic E-state index is -1.87. The van der Waals surface area contributed by atoms with Crippen molar-refractivity contribution in [2.24, 2.45) is 5.73 Å². The van der Waals surface area contributed by atoms with Crippen LogP contribution in [0.2, 0.25) is 0 Å². The topological polar surface area (TPSA) is 95.7 Å². The fourth-order valence-corrected chi connectivity index (χ4v) is 1.06. The van der Waals surface area contributed by atoms with E-state index in [4.69, 9.17) is 5.73 Å². The molecule has 0 bridgehead atoms. The van der Waals surface area contributed by atoms with Crippen LogP contribution in [-0.4, -0.2) is 23.6 Å². The fraction of sp³-hybridized carbons (Fsp3) is 0.571. The molecule has 1 heterocycles. The standard InChI is InChI=1S/C7H9NO5/c1-2-3-7(6(8)11)12-4(9)5(10)13-7/h2-3H2,1H3,(H2,8,11). The summed E-state index contributed by atoms with van der Waals surface area (Å²) in [4.78, 5) is 32.2.